The van der Waals surface area contributed by atoms with Crippen molar-refractivity contribution in [3.8, 4) is 0 Å². The Morgan fingerprint density at radius 3 is 2.23 bits per heavy atom. The van der Waals surface area contributed by atoms with Gasteiger partial charge in [0.15, 0.2) is 0 Å². The standard InChI is InChI=1S/C22H27FN2O/c1-22(2,3)18-7-9-20(10-8-18)24-11-13-25(14-12-24)21(26)16-17-5-4-6-19(23)15-17/h4-10,15H,11-14,16H2,1-3H3. The van der Waals surface area contributed by atoms with Gasteiger partial charge in [0.2, 0.25) is 5.91 Å². The van der Waals surface area contributed by atoms with E-state index in [4.69, 9.17) is 0 Å². The minimum Gasteiger partial charge on any atom is -0.368 e. The van der Waals surface area contributed by atoms with Crippen LogP contribution in [0.25, 0.3) is 0 Å². The Kier molecular flexibility index (Phi) is 5.30. The maximum absolute atomic E-state index is 13.3. The van der Waals surface area contributed by atoms with Crippen molar-refractivity contribution in [3.05, 3.63) is 65.5 Å². The van der Waals surface area contributed by atoms with E-state index in [-0.39, 0.29) is 23.6 Å². The molecular formula is C22H27FN2O. The molecule has 1 amide bonds. The summed E-state index contributed by atoms with van der Waals surface area (Å²) >= 11 is 0. The highest BCUT2D eigenvalue weighted by atomic mass is 19.1. The number of rotatable bonds is 3. The molecule has 3 rings (SSSR count). The lowest BCUT2D eigenvalue weighted by Crippen LogP contribution is -2.49. The summed E-state index contributed by atoms with van der Waals surface area (Å²) in [5, 5.41) is 0. The molecule has 138 valence electrons. The van der Waals surface area contributed by atoms with E-state index in [1.807, 2.05) is 4.90 Å². The summed E-state index contributed by atoms with van der Waals surface area (Å²) in [5.74, 6) is -0.225. The van der Waals surface area contributed by atoms with Gasteiger partial charge in [-0.25, -0.2) is 4.39 Å². The summed E-state index contributed by atoms with van der Waals surface area (Å²) in [6, 6.07) is 15.0. The first-order valence-electron chi connectivity index (χ1n) is 9.21. The summed E-state index contributed by atoms with van der Waals surface area (Å²) in [5.41, 5.74) is 3.41. The number of hydrogen-bond acceptors (Lipinski definition) is 2. The number of anilines is 1. The van der Waals surface area contributed by atoms with Crippen molar-refractivity contribution in [2.75, 3.05) is 31.1 Å². The molecule has 2 aromatic rings. The molecule has 1 aliphatic rings. The summed E-state index contributed by atoms with van der Waals surface area (Å²) in [4.78, 5) is 16.7. The van der Waals surface area contributed by atoms with Crippen molar-refractivity contribution in [2.45, 2.75) is 32.6 Å². The van der Waals surface area contributed by atoms with E-state index in [0.29, 0.717) is 13.1 Å². The van der Waals surface area contributed by atoms with Crippen LogP contribution in [0.15, 0.2) is 48.5 Å². The molecule has 2 aromatic carbocycles. The van der Waals surface area contributed by atoms with Gasteiger partial charge in [-0.1, -0.05) is 45.0 Å². The Balaban J connectivity index is 1.56. The number of nitrogens with zero attached hydrogens (tertiary/aromatic N) is 2. The second-order valence-corrected chi connectivity index (χ2v) is 7.97. The van der Waals surface area contributed by atoms with Gasteiger partial charge in [-0.2, -0.15) is 0 Å². The molecule has 4 heteroatoms. The molecular weight excluding hydrogens is 327 g/mol. The van der Waals surface area contributed by atoms with E-state index >= 15 is 0 Å². The Bertz CT molecular complexity index is 756. The number of carbonyl (C=O) groups excluding carboxylic acids is 1. The fourth-order valence-corrected chi connectivity index (χ4v) is 3.32. The second-order valence-electron chi connectivity index (χ2n) is 7.97. The van der Waals surface area contributed by atoms with Gasteiger partial charge >= 0.3 is 0 Å². The normalized spacial score (nSPS) is 15.2. The van der Waals surface area contributed by atoms with Gasteiger partial charge in [0.25, 0.3) is 0 Å². The molecule has 1 heterocycles. The molecule has 0 atom stereocenters. The Morgan fingerprint density at radius 1 is 1.00 bits per heavy atom. The van der Waals surface area contributed by atoms with Crippen molar-refractivity contribution in [1.82, 2.24) is 4.90 Å². The molecule has 3 nitrogen and oxygen atoms in total. The summed E-state index contributed by atoms with van der Waals surface area (Å²) in [6.07, 6.45) is 0.262. The summed E-state index contributed by atoms with van der Waals surface area (Å²) < 4.78 is 13.3. The average molecular weight is 354 g/mol. The zero-order chi connectivity index (χ0) is 18.7. The maximum atomic E-state index is 13.3. The lowest BCUT2D eigenvalue weighted by Gasteiger charge is -2.36. The van der Waals surface area contributed by atoms with Crippen LogP contribution in [0, 0.1) is 5.82 Å². The number of amides is 1. The van der Waals surface area contributed by atoms with E-state index in [1.165, 1.54) is 23.4 Å². The van der Waals surface area contributed by atoms with Gasteiger partial charge in [0.05, 0.1) is 6.42 Å². The van der Waals surface area contributed by atoms with Crippen LogP contribution in [0.3, 0.4) is 0 Å². The van der Waals surface area contributed by atoms with Crippen LogP contribution < -0.4 is 4.90 Å². The average Bonchev–Trinajstić information content (AvgIpc) is 2.61. The molecule has 0 spiro atoms. The third-order valence-electron chi connectivity index (χ3n) is 4.98. The van der Waals surface area contributed by atoms with Gasteiger partial charge < -0.3 is 9.80 Å². The first-order valence-corrected chi connectivity index (χ1v) is 9.21. The van der Waals surface area contributed by atoms with Crippen LogP contribution in [0.2, 0.25) is 0 Å². The second kappa shape index (κ2) is 7.48. The fourth-order valence-electron chi connectivity index (χ4n) is 3.32. The third kappa shape index (κ3) is 4.43. The van der Waals surface area contributed by atoms with E-state index < -0.39 is 0 Å². The van der Waals surface area contributed by atoms with Crippen molar-refractivity contribution >= 4 is 11.6 Å². The van der Waals surface area contributed by atoms with Gasteiger partial charge in [-0.3, -0.25) is 4.79 Å². The first kappa shape index (κ1) is 18.4. The molecule has 1 saturated heterocycles. The molecule has 1 fully saturated rings. The minimum atomic E-state index is -0.293. The minimum absolute atomic E-state index is 0.0679. The number of carbonyl (C=O) groups is 1. The van der Waals surface area contributed by atoms with Gasteiger partial charge in [0.1, 0.15) is 5.82 Å². The van der Waals surface area contributed by atoms with Crippen molar-refractivity contribution in [1.29, 1.82) is 0 Å². The van der Waals surface area contributed by atoms with E-state index in [9.17, 15) is 9.18 Å². The van der Waals surface area contributed by atoms with Crippen LogP contribution >= 0.6 is 0 Å². The molecule has 0 saturated carbocycles. The largest absolute Gasteiger partial charge is 0.368 e. The molecule has 0 N–H and O–H groups in total. The van der Waals surface area contributed by atoms with Crippen LogP contribution in [-0.4, -0.2) is 37.0 Å². The van der Waals surface area contributed by atoms with E-state index in [1.54, 1.807) is 12.1 Å². The molecule has 0 aliphatic carbocycles. The number of piperazine rings is 1. The van der Waals surface area contributed by atoms with Crippen LogP contribution in [-0.2, 0) is 16.6 Å². The van der Waals surface area contributed by atoms with Crippen LogP contribution in [0.4, 0.5) is 10.1 Å². The number of benzene rings is 2. The zero-order valence-electron chi connectivity index (χ0n) is 15.8. The lowest BCUT2D eigenvalue weighted by atomic mass is 9.87. The maximum Gasteiger partial charge on any atom is 0.227 e. The SMILES string of the molecule is CC(C)(C)c1ccc(N2CCN(C(=O)Cc3cccc(F)c3)CC2)cc1. The summed E-state index contributed by atoms with van der Waals surface area (Å²) in [7, 11) is 0. The van der Waals surface area contributed by atoms with Crippen molar-refractivity contribution in [3.63, 3.8) is 0 Å². The monoisotopic (exact) mass is 354 g/mol. The molecule has 0 radical (unpaired) electrons. The first-order chi connectivity index (χ1) is 12.3. The molecule has 0 unspecified atom stereocenters. The van der Waals surface area contributed by atoms with Crippen LogP contribution in [0.5, 0.6) is 0 Å². The Morgan fingerprint density at radius 2 is 1.65 bits per heavy atom. The quantitative estimate of drug-likeness (QED) is 0.831. The van der Waals surface area contributed by atoms with Crippen molar-refractivity contribution < 1.29 is 9.18 Å². The molecule has 1 aliphatic heterocycles. The predicted molar refractivity (Wildman–Crippen MR) is 104 cm³/mol. The Hall–Kier alpha value is -2.36. The topological polar surface area (TPSA) is 23.6 Å². The van der Waals surface area contributed by atoms with Gasteiger partial charge in [-0.05, 0) is 40.8 Å². The van der Waals surface area contributed by atoms with Crippen LogP contribution in [0.1, 0.15) is 31.9 Å². The zero-order valence-corrected chi connectivity index (χ0v) is 15.8. The third-order valence-corrected chi connectivity index (χ3v) is 4.98. The van der Waals surface area contributed by atoms with Crippen molar-refractivity contribution in [2.24, 2.45) is 0 Å². The summed E-state index contributed by atoms with van der Waals surface area (Å²) in [6.45, 7) is 9.69. The molecule has 0 bridgehead atoms. The fraction of sp³-hybridized carbons (Fsp3) is 0.409. The molecule has 26 heavy (non-hydrogen) atoms. The number of halogens is 1. The smallest absolute Gasteiger partial charge is 0.227 e. The van der Waals surface area contributed by atoms with E-state index in [2.05, 4.69) is 49.9 Å². The lowest BCUT2D eigenvalue weighted by molar-refractivity contribution is -0.130. The van der Waals surface area contributed by atoms with E-state index in [0.717, 1.165) is 18.7 Å². The Labute approximate surface area is 155 Å². The highest BCUT2D eigenvalue weighted by molar-refractivity contribution is 5.79. The van der Waals surface area contributed by atoms with Gasteiger partial charge in [-0.15, -0.1) is 0 Å². The van der Waals surface area contributed by atoms with Gasteiger partial charge in [0, 0.05) is 31.9 Å². The highest BCUT2D eigenvalue weighted by Gasteiger charge is 2.22. The molecule has 0 aromatic heterocycles. The number of hydrogen-bond donors (Lipinski definition) is 0. The predicted octanol–water partition coefficient (Wildman–Crippen LogP) is 4.01. The highest BCUT2D eigenvalue weighted by Crippen LogP contribution is 2.25.